The van der Waals surface area contributed by atoms with Gasteiger partial charge in [-0.25, -0.2) is 4.98 Å². The fraction of sp³-hybridized carbons (Fsp3) is 0.357. The molecule has 0 bridgehead atoms. The molecule has 0 saturated carbocycles. The molecule has 1 aromatic heterocycles. The maximum Gasteiger partial charge on any atom is 0.140 e. The zero-order valence-electron chi connectivity index (χ0n) is 10.8. The SMILES string of the molecule is Cc1ccc([C@@H](C)O)c(OCc2nc(C)cs2)c1. The molecule has 0 aliphatic heterocycles. The first kappa shape index (κ1) is 13.1. The third-order valence-electron chi connectivity index (χ3n) is 2.64. The topological polar surface area (TPSA) is 42.4 Å². The first-order valence-corrected chi connectivity index (χ1v) is 6.76. The van der Waals surface area contributed by atoms with Gasteiger partial charge in [-0.15, -0.1) is 11.3 Å². The zero-order chi connectivity index (χ0) is 13.1. The van der Waals surface area contributed by atoms with E-state index in [4.69, 9.17) is 4.74 Å². The Balaban J connectivity index is 2.15. The van der Waals surface area contributed by atoms with Crippen LogP contribution < -0.4 is 4.74 Å². The number of aryl methyl sites for hydroxylation is 2. The van der Waals surface area contributed by atoms with Crippen molar-refractivity contribution in [2.24, 2.45) is 0 Å². The molecular formula is C14H17NO2S. The van der Waals surface area contributed by atoms with Gasteiger partial charge in [-0.05, 0) is 32.4 Å². The second-order valence-corrected chi connectivity index (χ2v) is 5.33. The molecule has 0 unspecified atom stereocenters. The number of aliphatic hydroxyl groups is 1. The Morgan fingerprint density at radius 1 is 1.39 bits per heavy atom. The fourth-order valence-electron chi connectivity index (χ4n) is 1.72. The van der Waals surface area contributed by atoms with Crippen molar-refractivity contribution < 1.29 is 9.84 Å². The van der Waals surface area contributed by atoms with Crippen LogP contribution in [0.3, 0.4) is 0 Å². The Bertz CT molecular complexity index is 534. The van der Waals surface area contributed by atoms with Crippen LogP contribution in [-0.2, 0) is 6.61 Å². The fourth-order valence-corrected chi connectivity index (χ4v) is 2.40. The number of ether oxygens (including phenoxy) is 1. The predicted molar refractivity (Wildman–Crippen MR) is 73.0 cm³/mol. The van der Waals surface area contributed by atoms with Crippen LogP contribution in [-0.4, -0.2) is 10.1 Å². The van der Waals surface area contributed by atoms with Crippen LogP contribution in [0.15, 0.2) is 23.6 Å². The molecule has 1 N–H and O–H groups in total. The summed E-state index contributed by atoms with van der Waals surface area (Å²) >= 11 is 1.59. The van der Waals surface area contributed by atoms with Crippen molar-refractivity contribution in [2.75, 3.05) is 0 Å². The number of hydrogen-bond acceptors (Lipinski definition) is 4. The normalized spacial score (nSPS) is 12.4. The van der Waals surface area contributed by atoms with Crippen LogP contribution in [0.1, 0.15) is 34.9 Å². The van der Waals surface area contributed by atoms with Gasteiger partial charge >= 0.3 is 0 Å². The summed E-state index contributed by atoms with van der Waals surface area (Å²) in [7, 11) is 0. The van der Waals surface area contributed by atoms with E-state index < -0.39 is 6.10 Å². The first-order chi connectivity index (χ1) is 8.56. The maximum atomic E-state index is 9.70. The van der Waals surface area contributed by atoms with Crippen molar-refractivity contribution in [3.63, 3.8) is 0 Å². The predicted octanol–water partition coefficient (Wildman–Crippen LogP) is 3.39. The van der Waals surface area contributed by atoms with Crippen molar-refractivity contribution in [3.8, 4) is 5.75 Å². The highest BCUT2D eigenvalue weighted by Gasteiger charge is 2.10. The van der Waals surface area contributed by atoms with E-state index in [1.54, 1.807) is 18.3 Å². The first-order valence-electron chi connectivity index (χ1n) is 5.88. The minimum Gasteiger partial charge on any atom is -0.486 e. The van der Waals surface area contributed by atoms with Gasteiger partial charge in [0.15, 0.2) is 0 Å². The van der Waals surface area contributed by atoms with Crippen LogP contribution in [0.25, 0.3) is 0 Å². The molecule has 0 amide bonds. The van der Waals surface area contributed by atoms with Crippen molar-refractivity contribution in [1.29, 1.82) is 0 Å². The van der Waals surface area contributed by atoms with Crippen molar-refractivity contribution >= 4 is 11.3 Å². The average Bonchev–Trinajstić information content (AvgIpc) is 2.72. The molecule has 4 heteroatoms. The summed E-state index contributed by atoms with van der Waals surface area (Å²) in [5.41, 5.74) is 2.94. The summed E-state index contributed by atoms with van der Waals surface area (Å²) in [6.07, 6.45) is -0.529. The molecule has 18 heavy (non-hydrogen) atoms. The summed E-state index contributed by atoms with van der Waals surface area (Å²) in [6, 6.07) is 5.83. The molecule has 1 aromatic carbocycles. The second-order valence-electron chi connectivity index (χ2n) is 4.39. The number of aliphatic hydroxyl groups excluding tert-OH is 1. The standard InChI is InChI=1S/C14H17NO2S/c1-9-4-5-12(11(3)16)13(6-9)17-7-14-15-10(2)8-18-14/h4-6,8,11,16H,7H2,1-3H3/t11-/m1/s1. The van der Waals surface area contributed by atoms with Gasteiger partial charge in [0.05, 0.1) is 6.10 Å². The molecule has 96 valence electrons. The Hall–Kier alpha value is -1.39. The molecule has 0 spiro atoms. The number of nitrogens with zero attached hydrogens (tertiary/aromatic N) is 1. The third kappa shape index (κ3) is 3.09. The lowest BCUT2D eigenvalue weighted by Gasteiger charge is -2.13. The van der Waals surface area contributed by atoms with Crippen molar-refractivity contribution in [3.05, 3.63) is 45.4 Å². The van der Waals surface area contributed by atoms with Crippen molar-refractivity contribution in [1.82, 2.24) is 4.98 Å². The van der Waals surface area contributed by atoms with Gasteiger partial charge in [-0.2, -0.15) is 0 Å². The second kappa shape index (κ2) is 5.50. The average molecular weight is 263 g/mol. The van der Waals surface area contributed by atoms with E-state index in [0.29, 0.717) is 6.61 Å². The van der Waals surface area contributed by atoms with E-state index in [2.05, 4.69) is 4.98 Å². The Kier molecular flexibility index (Phi) is 3.99. The number of hydrogen-bond donors (Lipinski definition) is 1. The van der Waals surface area contributed by atoms with E-state index in [1.807, 2.05) is 37.4 Å². The summed E-state index contributed by atoms with van der Waals surface area (Å²) in [5.74, 6) is 0.734. The van der Waals surface area contributed by atoms with Crippen LogP contribution in [0, 0.1) is 13.8 Å². The zero-order valence-corrected chi connectivity index (χ0v) is 11.6. The van der Waals surface area contributed by atoms with Gasteiger partial charge in [0.2, 0.25) is 0 Å². The molecule has 0 fully saturated rings. The van der Waals surface area contributed by atoms with Crippen molar-refractivity contribution in [2.45, 2.75) is 33.5 Å². The minimum atomic E-state index is -0.529. The summed E-state index contributed by atoms with van der Waals surface area (Å²) in [6.45, 7) is 6.16. The molecular weight excluding hydrogens is 246 g/mol. The lowest BCUT2D eigenvalue weighted by atomic mass is 10.1. The number of benzene rings is 1. The van der Waals surface area contributed by atoms with Gasteiger partial charge in [-0.3, -0.25) is 0 Å². The molecule has 3 nitrogen and oxygen atoms in total. The van der Waals surface area contributed by atoms with Gasteiger partial charge < -0.3 is 9.84 Å². The Labute approximate surface area is 111 Å². The largest absolute Gasteiger partial charge is 0.486 e. The van der Waals surface area contributed by atoms with Gasteiger partial charge in [-0.1, -0.05) is 12.1 Å². The molecule has 1 atom stereocenters. The van der Waals surface area contributed by atoms with E-state index in [0.717, 1.165) is 27.6 Å². The van der Waals surface area contributed by atoms with E-state index in [9.17, 15) is 5.11 Å². The van der Waals surface area contributed by atoms with E-state index in [1.165, 1.54) is 0 Å². The Morgan fingerprint density at radius 3 is 2.78 bits per heavy atom. The molecule has 0 radical (unpaired) electrons. The number of rotatable bonds is 4. The summed E-state index contributed by atoms with van der Waals surface area (Å²) < 4.78 is 5.77. The molecule has 2 rings (SSSR count). The van der Waals surface area contributed by atoms with Gasteiger partial charge in [0, 0.05) is 16.6 Å². The molecule has 0 aliphatic carbocycles. The number of aromatic nitrogens is 1. The van der Waals surface area contributed by atoms with Gasteiger partial charge in [0.1, 0.15) is 17.4 Å². The lowest BCUT2D eigenvalue weighted by Crippen LogP contribution is -2.01. The highest BCUT2D eigenvalue weighted by molar-refractivity contribution is 7.09. The summed E-state index contributed by atoms with van der Waals surface area (Å²) in [5, 5.41) is 12.7. The van der Waals surface area contributed by atoms with Crippen LogP contribution in [0.4, 0.5) is 0 Å². The van der Waals surface area contributed by atoms with Crippen LogP contribution >= 0.6 is 11.3 Å². The molecule has 2 aromatic rings. The lowest BCUT2D eigenvalue weighted by molar-refractivity contribution is 0.190. The number of thiazole rings is 1. The monoisotopic (exact) mass is 263 g/mol. The maximum absolute atomic E-state index is 9.70. The summed E-state index contributed by atoms with van der Waals surface area (Å²) in [4.78, 5) is 4.35. The van der Waals surface area contributed by atoms with E-state index in [-0.39, 0.29) is 0 Å². The highest BCUT2D eigenvalue weighted by Crippen LogP contribution is 2.27. The Morgan fingerprint density at radius 2 is 2.17 bits per heavy atom. The van der Waals surface area contributed by atoms with Gasteiger partial charge in [0.25, 0.3) is 0 Å². The smallest absolute Gasteiger partial charge is 0.140 e. The molecule has 0 aliphatic rings. The third-order valence-corrected chi connectivity index (χ3v) is 3.58. The molecule has 1 heterocycles. The molecule has 0 saturated heterocycles. The van der Waals surface area contributed by atoms with Crippen LogP contribution in [0.2, 0.25) is 0 Å². The minimum absolute atomic E-state index is 0.446. The highest BCUT2D eigenvalue weighted by atomic mass is 32.1. The van der Waals surface area contributed by atoms with Crippen LogP contribution in [0.5, 0.6) is 5.75 Å². The van der Waals surface area contributed by atoms with E-state index >= 15 is 0 Å². The quantitative estimate of drug-likeness (QED) is 0.919.